The molecule has 0 fully saturated rings. The number of likely N-dealkylation sites (N-methyl/N-ethyl adjacent to an activating group) is 1. The standard InChI is InChI=1S/C26H27N5O3/c1-31(2)9-5-6-24(32)30-20-10-18(11-21(13-20)33-3)19-12-22-23(16-29-26(22)28-15-19)17-7-8-25(34-4)27-14-17/h5-8,10-16H,9H2,1-4H3,(H,28,29)(H,30,32). The van der Waals surface area contributed by atoms with Gasteiger partial charge in [-0.2, -0.15) is 0 Å². The Kier molecular flexibility index (Phi) is 6.89. The molecule has 34 heavy (non-hydrogen) atoms. The third-order valence-electron chi connectivity index (χ3n) is 5.27. The van der Waals surface area contributed by atoms with E-state index >= 15 is 0 Å². The van der Waals surface area contributed by atoms with E-state index in [1.54, 1.807) is 32.7 Å². The number of aromatic amines is 1. The number of methoxy groups -OCH3 is 2. The molecule has 0 unspecified atom stereocenters. The van der Waals surface area contributed by atoms with Gasteiger partial charge in [-0.3, -0.25) is 4.79 Å². The van der Waals surface area contributed by atoms with E-state index in [0.717, 1.165) is 33.3 Å². The molecule has 0 atom stereocenters. The van der Waals surface area contributed by atoms with Gasteiger partial charge >= 0.3 is 0 Å². The minimum atomic E-state index is -0.199. The summed E-state index contributed by atoms with van der Waals surface area (Å²) in [5, 5.41) is 3.87. The van der Waals surface area contributed by atoms with Gasteiger partial charge in [0.2, 0.25) is 11.8 Å². The van der Waals surface area contributed by atoms with Gasteiger partial charge in [0, 0.05) is 71.1 Å². The number of carbonyl (C=O) groups is 1. The molecule has 4 aromatic rings. The fraction of sp³-hybridized carbons (Fsp3) is 0.192. The van der Waals surface area contributed by atoms with E-state index in [2.05, 4.69) is 26.3 Å². The largest absolute Gasteiger partial charge is 0.497 e. The molecule has 1 amide bonds. The maximum Gasteiger partial charge on any atom is 0.248 e. The molecular weight excluding hydrogens is 430 g/mol. The minimum absolute atomic E-state index is 0.199. The first kappa shape index (κ1) is 23.0. The number of hydrogen-bond acceptors (Lipinski definition) is 6. The Balaban J connectivity index is 1.67. The van der Waals surface area contributed by atoms with E-state index < -0.39 is 0 Å². The molecule has 8 heteroatoms. The van der Waals surface area contributed by atoms with Crippen LogP contribution < -0.4 is 14.8 Å². The van der Waals surface area contributed by atoms with Gasteiger partial charge in [0.15, 0.2) is 0 Å². The Hall–Kier alpha value is -4.17. The number of carbonyl (C=O) groups excluding carboxylic acids is 1. The van der Waals surface area contributed by atoms with Crippen molar-refractivity contribution in [2.75, 3.05) is 40.2 Å². The van der Waals surface area contributed by atoms with Crippen LogP contribution in [0.25, 0.3) is 33.3 Å². The van der Waals surface area contributed by atoms with Crippen LogP contribution in [0.2, 0.25) is 0 Å². The summed E-state index contributed by atoms with van der Waals surface area (Å²) in [7, 11) is 7.09. The number of ether oxygens (including phenoxy) is 2. The Morgan fingerprint density at radius 1 is 1.03 bits per heavy atom. The number of amides is 1. The van der Waals surface area contributed by atoms with Crippen molar-refractivity contribution in [3.8, 4) is 33.9 Å². The van der Waals surface area contributed by atoms with Crippen LogP contribution in [0.5, 0.6) is 11.6 Å². The molecule has 8 nitrogen and oxygen atoms in total. The zero-order chi connectivity index (χ0) is 24.1. The lowest BCUT2D eigenvalue weighted by molar-refractivity contribution is -0.111. The number of nitrogens with zero attached hydrogens (tertiary/aromatic N) is 3. The fourth-order valence-electron chi connectivity index (χ4n) is 3.57. The van der Waals surface area contributed by atoms with Crippen molar-refractivity contribution in [1.82, 2.24) is 19.9 Å². The van der Waals surface area contributed by atoms with Crippen molar-refractivity contribution in [2.45, 2.75) is 0 Å². The topological polar surface area (TPSA) is 92.4 Å². The van der Waals surface area contributed by atoms with Crippen LogP contribution in [0, 0.1) is 0 Å². The highest BCUT2D eigenvalue weighted by molar-refractivity contribution is 6.00. The highest BCUT2D eigenvalue weighted by Crippen LogP contribution is 2.33. The van der Waals surface area contributed by atoms with Gasteiger partial charge < -0.3 is 24.7 Å². The first-order chi connectivity index (χ1) is 16.5. The summed E-state index contributed by atoms with van der Waals surface area (Å²) in [5.74, 6) is 0.998. The van der Waals surface area contributed by atoms with Crippen molar-refractivity contribution in [3.05, 3.63) is 67.1 Å². The second-order valence-corrected chi connectivity index (χ2v) is 8.02. The average molecular weight is 458 g/mol. The number of hydrogen-bond donors (Lipinski definition) is 2. The number of pyridine rings is 2. The lowest BCUT2D eigenvalue weighted by Crippen LogP contribution is -2.13. The highest BCUT2D eigenvalue weighted by Gasteiger charge is 2.12. The quantitative estimate of drug-likeness (QED) is 0.382. The normalized spacial score (nSPS) is 11.3. The summed E-state index contributed by atoms with van der Waals surface area (Å²) in [6, 6.07) is 11.5. The lowest BCUT2D eigenvalue weighted by Gasteiger charge is -2.10. The molecule has 0 radical (unpaired) electrons. The first-order valence-corrected chi connectivity index (χ1v) is 10.8. The number of fused-ring (bicyclic) bond motifs is 1. The second-order valence-electron chi connectivity index (χ2n) is 8.02. The van der Waals surface area contributed by atoms with E-state index in [4.69, 9.17) is 9.47 Å². The summed E-state index contributed by atoms with van der Waals surface area (Å²) in [5.41, 5.74) is 5.13. The lowest BCUT2D eigenvalue weighted by atomic mass is 10.0. The van der Waals surface area contributed by atoms with Crippen molar-refractivity contribution < 1.29 is 14.3 Å². The summed E-state index contributed by atoms with van der Waals surface area (Å²) < 4.78 is 10.6. The number of rotatable bonds is 8. The average Bonchev–Trinajstić information content (AvgIpc) is 3.27. The van der Waals surface area contributed by atoms with Crippen LogP contribution >= 0.6 is 0 Å². The smallest absolute Gasteiger partial charge is 0.248 e. The van der Waals surface area contributed by atoms with Gasteiger partial charge in [-0.1, -0.05) is 6.08 Å². The highest BCUT2D eigenvalue weighted by atomic mass is 16.5. The zero-order valence-electron chi connectivity index (χ0n) is 19.6. The molecule has 0 aliphatic carbocycles. The molecule has 3 aromatic heterocycles. The minimum Gasteiger partial charge on any atom is -0.497 e. The summed E-state index contributed by atoms with van der Waals surface area (Å²) in [6.45, 7) is 0.686. The molecular formula is C26H27N5O3. The molecule has 1 aromatic carbocycles. The summed E-state index contributed by atoms with van der Waals surface area (Å²) in [4.78, 5) is 26.4. The van der Waals surface area contributed by atoms with Gasteiger partial charge in [-0.25, -0.2) is 9.97 Å². The van der Waals surface area contributed by atoms with E-state index in [1.807, 2.05) is 55.5 Å². The van der Waals surface area contributed by atoms with Crippen molar-refractivity contribution >= 4 is 22.6 Å². The zero-order valence-corrected chi connectivity index (χ0v) is 19.6. The fourth-order valence-corrected chi connectivity index (χ4v) is 3.57. The van der Waals surface area contributed by atoms with Gasteiger partial charge in [0.05, 0.1) is 14.2 Å². The molecule has 0 saturated heterocycles. The van der Waals surface area contributed by atoms with Gasteiger partial charge in [0.25, 0.3) is 0 Å². The molecule has 4 rings (SSSR count). The van der Waals surface area contributed by atoms with Gasteiger partial charge in [-0.05, 0) is 43.9 Å². The SMILES string of the molecule is COc1cc(NC(=O)C=CCN(C)C)cc(-c2cnc3[nH]cc(-c4ccc(OC)nc4)c3c2)c1. The van der Waals surface area contributed by atoms with Crippen LogP contribution in [-0.2, 0) is 4.79 Å². The number of benzene rings is 1. The summed E-state index contributed by atoms with van der Waals surface area (Å²) >= 11 is 0. The molecule has 0 bridgehead atoms. The predicted octanol–water partition coefficient (Wildman–Crippen LogP) is 4.37. The van der Waals surface area contributed by atoms with Crippen LogP contribution in [0.4, 0.5) is 5.69 Å². The molecule has 0 spiro atoms. The number of nitrogens with one attached hydrogen (secondary N) is 2. The Morgan fingerprint density at radius 3 is 2.56 bits per heavy atom. The second kappa shape index (κ2) is 10.2. The maximum atomic E-state index is 12.3. The number of H-pyrrole nitrogens is 1. The number of anilines is 1. The van der Waals surface area contributed by atoms with Crippen molar-refractivity contribution in [2.24, 2.45) is 0 Å². The third kappa shape index (κ3) is 5.24. The molecule has 2 N–H and O–H groups in total. The maximum absolute atomic E-state index is 12.3. The first-order valence-electron chi connectivity index (χ1n) is 10.8. The molecule has 174 valence electrons. The van der Waals surface area contributed by atoms with Crippen molar-refractivity contribution in [3.63, 3.8) is 0 Å². The third-order valence-corrected chi connectivity index (χ3v) is 5.27. The monoisotopic (exact) mass is 457 g/mol. The number of aromatic nitrogens is 3. The van der Waals surface area contributed by atoms with Crippen molar-refractivity contribution in [1.29, 1.82) is 0 Å². The molecule has 0 aliphatic heterocycles. The van der Waals surface area contributed by atoms with Gasteiger partial charge in [0.1, 0.15) is 11.4 Å². The molecule has 0 aliphatic rings. The van der Waals surface area contributed by atoms with E-state index in [-0.39, 0.29) is 5.91 Å². The molecule has 0 saturated carbocycles. The van der Waals surface area contributed by atoms with E-state index in [0.29, 0.717) is 23.9 Å². The van der Waals surface area contributed by atoms with Crippen LogP contribution in [-0.4, -0.2) is 60.6 Å². The Labute approximate surface area is 198 Å². The van der Waals surface area contributed by atoms with E-state index in [9.17, 15) is 4.79 Å². The van der Waals surface area contributed by atoms with Crippen LogP contribution in [0.1, 0.15) is 0 Å². The predicted molar refractivity (Wildman–Crippen MR) is 134 cm³/mol. The molecule has 3 heterocycles. The Morgan fingerprint density at radius 2 is 1.85 bits per heavy atom. The summed E-state index contributed by atoms with van der Waals surface area (Å²) in [6.07, 6.45) is 8.84. The van der Waals surface area contributed by atoms with Crippen LogP contribution in [0.15, 0.2) is 67.1 Å². The Bertz CT molecular complexity index is 1330. The van der Waals surface area contributed by atoms with Crippen LogP contribution in [0.3, 0.4) is 0 Å². The van der Waals surface area contributed by atoms with Gasteiger partial charge in [-0.15, -0.1) is 0 Å². The van der Waals surface area contributed by atoms with E-state index in [1.165, 1.54) is 6.08 Å².